The van der Waals surface area contributed by atoms with Crippen LogP contribution in [0.2, 0.25) is 0 Å². The molecule has 2 aliphatic rings. The number of carbonyl (C=O) groups excluding carboxylic acids is 1. The van der Waals surface area contributed by atoms with Crippen LogP contribution in [0.3, 0.4) is 0 Å². The number of primary amides is 1. The van der Waals surface area contributed by atoms with Gasteiger partial charge in [0.2, 0.25) is 5.91 Å². The molecule has 2 fully saturated rings. The molecule has 0 aromatic carbocycles. The van der Waals surface area contributed by atoms with Crippen LogP contribution >= 0.6 is 0 Å². The fourth-order valence-corrected chi connectivity index (χ4v) is 2.79. The van der Waals surface area contributed by atoms with Crippen molar-refractivity contribution in [2.45, 2.75) is 31.3 Å². The van der Waals surface area contributed by atoms with Gasteiger partial charge >= 0.3 is 5.97 Å². The van der Waals surface area contributed by atoms with E-state index in [1.807, 2.05) is 4.90 Å². The molecule has 2 aliphatic heterocycles. The molecule has 2 bridgehead atoms. The smallest absolute Gasteiger partial charge is 0.308 e. The Balaban J connectivity index is 2.08. The zero-order valence-corrected chi connectivity index (χ0v) is 7.85. The maximum absolute atomic E-state index is 10.9. The number of aliphatic carboxylic acids is 1. The third-order valence-electron chi connectivity index (χ3n) is 3.34. The molecule has 0 aliphatic carbocycles. The van der Waals surface area contributed by atoms with Crippen LogP contribution in [-0.4, -0.2) is 40.5 Å². The molecule has 0 aromatic heterocycles. The second kappa shape index (κ2) is 3.24. The Kier molecular flexibility index (Phi) is 2.19. The number of carboxylic acid groups (broad SMARTS) is 1. The van der Waals surface area contributed by atoms with E-state index < -0.39 is 5.97 Å². The summed E-state index contributed by atoms with van der Waals surface area (Å²) in [5.74, 6) is -1.41. The zero-order valence-electron chi connectivity index (χ0n) is 7.85. The molecule has 1 amide bonds. The molecule has 5 heteroatoms. The van der Waals surface area contributed by atoms with Crippen LogP contribution in [0.15, 0.2) is 0 Å². The van der Waals surface area contributed by atoms with Crippen molar-refractivity contribution in [1.29, 1.82) is 0 Å². The number of nitrogens with zero attached hydrogens (tertiary/aromatic N) is 1. The summed E-state index contributed by atoms with van der Waals surface area (Å²) >= 11 is 0. The van der Waals surface area contributed by atoms with Crippen molar-refractivity contribution < 1.29 is 14.7 Å². The van der Waals surface area contributed by atoms with Gasteiger partial charge in [0, 0.05) is 12.1 Å². The van der Waals surface area contributed by atoms with Gasteiger partial charge in [-0.2, -0.15) is 0 Å². The van der Waals surface area contributed by atoms with E-state index in [9.17, 15) is 9.59 Å². The summed E-state index contributed by atoms with van der Waals surface area (Å²) < 4.78 is 0. The van der Waals surface area contributed by atoms with Crippen LogP contribution in [0, 0.1) is 5.92 Å². The van der Waals surface area contributed by atoms with Gasteiger partial charge in [0.05, 0.1) is 12.5 Å². The van der Waals surface area contributed by atoms with Crippen molar-refractivity contribution in [2.24, 2.45) is 11.7 Å². The van der Waals surface area contributed by atoms with Crippen molar-refractivity contribution >= 4 is 11.9 Å². The molecule has 0 saturated carbocycles. The third kappa shape index (κ3) is 1.37. The number of hydrogen-bond acceptors (Lipinski definition) is 3. The molecule has 0 aromatic rings. The lowest BCUT2D eigenvalue weighted by Crippen LogP contribution is -2.39. The second-order valence-corrected chi connectivity index (χ2v) is 4.12. The van der Waals surface area contributed by atoms with Gasteiger partial charge in [0.15, 0.2) is 0 Å². The lowest BCUT2D eigenvalue weighted by atomic mass is 9.89. The molecule has 14 heavy (non-hydrogen) atoms. The summed E-state index contributed by atoms with van der Waals surface area (Å²) in [7, 11) is 0. The van der Waals surface area contributed by atoms with Crippen LogP contribution in [0.5, 0.6) is 0 Å². The molecule has 3 atom stereocenters. The second-order valence-electron chi connectivity index (χ2n) is 4.12. The molecule has 3 N–H and O–H groups in total. The number of fused-ring (bicyclic) bond motifs is 2. The van der Waals surface area contributed by atoms with E-state index >= 15 is 0 Å². The van der Waals surface area contributed by atoms with E-state index in [1.54, 1.807) is 0 Å². The van der Waals surface area contributed by atoms with Gasteiger partial charge in [0.1, 0.15) is 0 Å². The number of carboxylic acids is 1. The average Bonchev–Trinajstić information content (AvgIpc) is 2.61. The summed E-state index contributed by atoms with van der Waals surface area (Å²) in [5.41, 5.74) is 5.12. The molecule has 5 nitrogen and oxygen atoms in total. The minimum Gasteiger partial charge on any atom is -0.481 e. The number of nitrogens with two attached hydrogens (primary N) is 1. The SMILES string of the molecule is NC(=O)CN1C2CCC1C(C(=O)O)C2. The van der Waals surface area contributed by atoms with Crippen LogP contribution in [-0.2, 0) is 9.59 Å². The summed E-state index contributed by atoms with van der Waals surface area (Å²) in [6, 6.07) is 0.290. The predicted octanol–water partition coefficient (Wildman–Crippen LogP) is -0.591. The molecule has 2 saturated heterocycles. The van der Waals surface area contributed by atoms with Gasteiger partial charge in [0.25, 0.3) is 0 Å². The summed E-state index contributed by atoms with van der Waals surface area (Å²) in [5, 5.41) is 8.94. The van der Waals surface area contributed by atoms with Crippen LogP contribution in [0.4, 0.5) is 0 Å². The first-order chi connectivity index (χ1) is 6.59. The standard InChI is InChI=1S/C9H14N2O3/c10-8(12)4-11-5-1-2-7(11)6(3-5)9(13)14/h5-7H,1-4H2,(H2,10,12)(H,13,14). The Labute approximate surface area is 81.9 Å². The van der Waals surface area contributed by atoms with Crippen molar-refractivity contribution in [2.75, 3.05) is 6.54 Å². The van der Waals surface area contributed by atoms with Gasteiger partial charge < -0.3 is 10.8 Å². The molecule has 0 radical (unpaired) electrons. The summed E-state index contributed by atoms with van der Waals surface area (Å²) in [4.78, 5) is 23.6. The molecule has 2 rings (SSSR count). The van der Waals surface area contributed by atoms with Gasteiger partial charge in [-0.25, -0.2) is 0 Å². The average molecular weight is 198 g/mol. The highest BCUT2D eigenvalue weighted by molar-refractivity contribution is 5.77. The minimum absolute atomic E-state index is 0.0324. The van der Waals surface area contributed by atoms with Gasteiger partial charge in [-0.1, -0.05) is 0 Å². The van der Waals surface area contributed by atoms with E-state index in [0.29, 0.717) is 6.42 Å². The Morgan fingerprint density at radius 1 is 1.43 bits per heavy atom. The molecule has 2 heterocycles. The maximum Gasteiger partial charge on any atom is 0.308 e. The Hall–Kier alpha value is -1.10. The largest absolute Gasteiger partial charge is 0.481 e. The van der Waals surface area contributed by atoms with Gasteiger partial charge in [-0.15, -0.1) is 0 Å². The lowest BCUT2D eigenvalue weighted by Gasteiger charge is -2.20. The molecular weight excluding hydrogens is 184 g/mol. The predicted molar refractivity (Wildman–Crippen MR) is 48.5 cm³/mol. The van der Waals surface area contributed by atoms with Gasteiger partial charge in [-0.3, -0.25) is 14.5 Å². The summed E-state index contributed by atoms with van der Waals surface area (Å²) in [6.07, 6.45) is 2.56. The lowest BCUT2D eigenvalue weighted by molar-refractivity contribution is -0.142. The maximum atomic E-state index is 10.9. The first-order valence-corrected chi connectivity index (χ1v) is 4.86. The van der Waals surface area contributed by atoms with E-state index in [0.717, 1.165) is 12.8 Å². The van der Waals surface area contributed by atoms with Crippen LogP contribution in [0.1, 0.15) is 19.3 Å². The Morgan fingerprint density at radius 3 is 2.64 bits per heavy atom. The van der Waals surface area contributed by atoms with Gasteiger partial charge in [-0.05, 0) is 19.3 Å². The van der Waals surface area contributed by atoms with Crippen molar-refractivity contribution in [3.8, 4) is 0 Å². The zero-order chi connectivity index (χ0) is 10.3. The fraction of sp³-hybridized carbons (Fsp3) is 0.778. The summed E-state index contributed by atoms with van der Waals surface area (Å²) in [6.45, 7) is 0.207. The van der Waals surface area contributed by atoms with Crippen molar-refractivity contribution in [3.05, 3.63) is 0 Å². The quantitative estimate of drug-likeness (QED) is 0.634. The third-order valence-corrected chi connectivity index (χ3v) is 3.34. The van der Waals surface area contributed by atoms with E-state index in [1.165, 1.54) is 0 Å². The highest BCUT2D eigenvalue weighted by Crippen LogP contribution is 2.41. The highest BCUT2D eigenvalue weighted by Gasteiger charge is 2.49. The first-order valence-electron chi connectivity index (χ1n) is 4.86. The van der Waals surface area contributed by atoms with Crippen molar-refractivity contribution in [1.82, 2.24) is 4.90 Å². The minimum atomic E-state index is -0.744. The van der Waals surface area contributed by atoms with E-state index in [4.69, 9.17) is 10.8 Å². The molecule has 0 spiro atoms. The Morgan fingerprint density at radius 2 is 2.14 bits per heavy atom. The van der Waals surface area contributed by atoms with E-state index in [-0.39, 0.29) is 30.5 Å². The monoisotopic (exact) mass is 198 g/mol. The normalized spacial score (nSPS) is 36.1. The highest BCUT2D eigenvalue weighted by atomic mass is 16.4. The van der Waals surface area contributed by atoms with E-state index in [2.05, 4.69) is 0 Å². The Bertz CT molecular complexity index is 279. The molecule has 78 valence electrons. The number of amides is 1. The number of carbonyl (C=O) groups is 2. The van der Waals surface area contributed by atoms with Crippen LogP contribution < -0.4 is 5.73 Å². The van der Waals surface area contributed by atoms with Crippen LogP contribution in [0.25, 0.3) is 0 Å². The number of rotatable bonds is 3. The molecular formula is C9H14N2O3. The first kappa shape index (κ1) is 9.45. The molecule has 3 unspecified atom stereocenters. The van der Waals surface area contributed by atoms with Crippen molar-refractivity contribution in [3.63, 3.8) is 0 Å². The topological polar surface area (TPSA) is 83.6 Å². The number of hydrogen-bond donors (Lipinski definition) is 2. The fourth-order valence-electron chi connectivity index (χ4n) is 2.79.